The third-order valence-electron chi connectivity index (χ3n) is 4.14. The predicted octanol–water partition coefficient (Wildman–Crippen LogP) is 3.99. The molecular weight excluding hydrogens is 360 g/mol. The van der Waals surface area contributed by atoms with Gasteiger partial charge < -0.3 is 5.32 Å². The second-order valence-electron chi connectivity index (χ2n) is 6.35. The van der Waals surface area contributed by atoms with Gasteiger partial charge in [0.15, 0.2) is 0 Å². The number of hydrogen-bond donors (Lipinski definition) is 1. The molecule has 2 rings (SSSR count). The fourth-order valence-corrected chi connectivity index (χ4v) is 4.23. The van der Waals surface area contributed by atoms with Gasteiger partial charge in [0, 0.05) is 11.6 Å². The molecule has 0 saturated heterocycles. The molecule has 1 N–H and O–H groups in total. The van der Waals surface area contributed by atoms with E-state index in [2.05, 4.69) is 18.8 Å². The topological polar surface area (TPSA) is 66.5 Å². The van der Waals surface area contributed by atoms with Crippen LogP contribution in [0.2, 0.25) is 0 Å². The quantitative estimate of drug-likeness (QED) is 0.663. The van der Waals surface area contributed by atoms with Crippen molar-refractivity contribution in [3.63, 3.8) is 0 Å². The number of rotatable bonds is 9. The summed E-state index contributed by atoms with van der Waals surface area (Å²) in [6.07, 6.45) is 3.44. The van der Waals surface area contributed by atoms with Crippen molar-refractivity contribution < 1.29 is 13.2 Å². The van der Waals surface area contributed by atoms with Gasteiger partial charge in [-0.05, 0) is 49.7 Å². The van der Waals surface area contributed by atoms with Crippen LogP contribution in [-0.4, -0.2) is 26.9 Å². The first-order valence-electron chi connectivity index (χ1n) is 8.99. The number of nitrogens with zero attached hydrogens (tertiary/aromatic N) is 1. The second kappa shape index (κ2) is 9.37. The maximum Gasteiger partial charge on any atom is 0.264 e. The van der Waals surface area contributed by atoms with Crippen LogP contribution in [0.5, 0.6) is 0 Å². The van der Waals surface area contributed by atoms with E-state index in [0.29, 0.717) is 11.3 Å². The summed E-state index contributed by atoms with van der Waals surface area (Å²) in [6.45, 7) is 7.83. The molecule has 0 aliphatic heterocycles. The molecule has 0 bridgehead atoms. The van der Waals surface area contributed by atoms with Gasteiger partial charge >= 0.3 is 0 Å². The van der Waals surface area contributed by atoms with Gasteiger partial charge in [0.05, 0.1) is 17.1 Å². The summed E-state index contributed by atoms with van der Waals surface area (Å²) in [5.74, 6) is -0.163. The summed E-state index contributed by atoms with van der Waals surface area (Å²) >= 11 is 0. The molecule has 0 spiro atoms. The van der Waals surface area contributed by atoms with Crippen molar-refractivity contribution in [1.82, 2.24) is 5.32 Å². The molecule has 27 heavy (non-hydrogen) atoms. The highest BCUT2D eigenvalue weighted by molar-refractivity contribution is 7.92. The maximum absolute atomic E-state index is 13.0. The molecular formula is C21H26N2O3S. The van der Waals surface area contributed by atoms with E-state index in [1.54, 1.807) is 54.6 Å². The van der Waals surface area contributed by atoms with Crippen molar-refractivity contribution >= 4 is 21.6 Å². The molecule has 1 amide bonds. The zero-order chi connectivity index (χ0) is 19.9. The maximum atomic E-state index is 13.0. The highest BCUT2D eigenvalue weighted by atomic mass is 32.2. The zero-order valence-electron chi connectivity index (χ0n) is 15.8. The van der Waals surface area contributed by atoms with Gasteiger partial charge in [-0.15, -0.1) is 6.58 Å². The summed E-state index contributed by atoms with van der Waals surface area (Å²) < 4.78 is 27.2. The normalized spacial score (nSPS) is 12.2. The molecule has 1 atom stereocenters. The van der Waals surface area contributed by atoms with Crippen LogP contribution >= 0.6 is 0 Å². The monoisotopic (exact) mass is 386 g/mol. The van der Waals surface area contributed by atoms with Crippen LogP contribution < -0.4 is 9.62 Å². The largest absolute Gasteiger partial charge is 0.350 e. The van der Waals surface area contributed by atoms with E-state index in [1.807, 2.05) is 6.92 Å². The summed E-state index contributed by atoms with van der Waals surface area (Å²) in [5, 5.41) is 2.94. The lowest BCUT2D eigenvalue weighted by Gasteiger charge is -2.23. The number of amides is 1. The number of sulfonamides is 1. The van der Waals surface area contributed by atoms with Crippen LogP contribution in [0.25, 0.3) is 0 Å². The van der Waals surface area contributed by atoms with E-state index in [1.165, 1.54) is 10.4 Å². The summed E-state index contributed by atoms with van der Waals surface area (Å²) in [7, 11) is -3.71. The molecule has 5 nitrogen and oxygen atoms in total. The first-order valence-corrected chi connectivity index (χ1v) is 10.4. The fraction of sp³-hybridized carbons (Fsp3) is 0.286. The lowest BCUT2D eigenvalue weighted by molar-refractivity contribution is 0.0938. The van der Waals surface area contributed by atoms with Crippen LogP contribution in [0.4, 0.5) is 5.69 Å². The van der Waals surface area contributed by atoms with Crippen molar-refractivity contribution in [3.8, 4) is 0 Å². The Hall–Kier alpha value is -2.60. The Morgan fingerprint density at radius 1 is 1.15 bits per heavy atom. The van der Waals surface area contributed by atoms with E-state index in [-0.39, 0.29) is 23.4 Å². The molecule has 0 heterocycles. The van der Waals surface area contributed by atoms with Crippen molar-refractivity contribution in [2.75, 3.05) is 10.8 Å². The number of carbonyl (C=O) groups excluding carboxylic acids is 1. The van der Waals surface area contributed by atoms with Crippen LogP contribution in [0.15, 0.2) is 72.1 Å². The van der Waals surface area contributed by atoms with Gasteiger partial charge in [-0.2, -0.15) is 0 Å². The summed E-state index contributed by atoms with van der Waals surface area (Å²) in [5.41, 5.74) is 0.981. The smallest absolute Gasteiger partial charge is 0.264 e. The van der Waals surface area contributed by atoms with Crippen LogP contribution in [0.1, 0.15) is 37.0 Å². The average Bonchev–Trinajstić information content (AvgIpc) is 2.67. The standard InChI is InChI=1S/C21H26N2O3S/c1-4-9-17(3)22-21(24)18-12-14-19(15-13-18)23(16-5-2)27(25,26)20-10-7-6-8-11-20/h5-8,10-15,17H,2,4,9,16H2,1,3H3,(H,22,24)/t17-/m0/s1. The SMILES string of the molecule is C=CCN(c1ccc(C(=O)N[C@@H](C)CCC)cc1)S(=O)(=O)c1ccccc1. The number of carbonyl (C=O) groups is 1. The Morgan fingerprint density at radius 3 is 2.33 bits per heavy atom. The minimum Gasteiger partial charge on any atom is -0.350 e. The molecule has 2 aromatic rings. The molecule has 0 aliphatic carbocycles. The Balaban J connectivity index is 2.26. The number of nitrogens with one attached hydrogen (secondary N) is 1. The highest BCUT2D eigenvalue weighted by Crippen LogP contribution is 2.24. The number of benzene rings is 2. The van der Waals surface area contributed by atoms with Crippen molar-refractivity contribution in [2.24, 2.45) is 0 Å². The average molecular weight is 387 g/mol. The fourth-order valence-electron chi connectivity index (χ4n) is 2.77. The first-order chi connectivity index (χ1) is 12.9. The summed E-state index contributed by atoms with van der Waals surface area (Å²) in [4.78, 5) is 12.5. The first kappa shape index (κ1) is 20.7. The number of hydrogen-bond acceptors (Lipinski definition) is 3. The minimum atomic E-state index is -3.71. The third kappa shape index (κ3) is 5.20. The molecule has 6 heteroatoms. The van der Waals surface area contributed by atoms with Crippen LogP contribution in [0.3, 0.4) is 0 Å². The Bertz CT molecular complexity index is 862. The van der Waals surface area contributed by atoms with Gasteiger partial charge in [-0.1, -0.05) is 37.6 Å². The van der Waals surface area contributed by atoms with Gasteiger partial charge in [0.1, 0.15) is 0 Å². The molecule has 0 aromatic heterocycles. The predicted molar refractivity (Wildman–Crippen MR) is 109 cm³/mol. The van der Waals surface area contributed by atoms with Crippen molar-refractivity contribution in [1.29, 1.82) is 0 Å². The Labute approximate surface area is 161 Å². The zero-order valence-corrected chi connectivity index (χ0v) is 16.6. The second-order valence-corrected chi connectivity index (χ2v) is 8.21. The molecule has 0 unspecified atom stereocenters. The van der Waals surface area contributed by atoms with Crippen LogP contribution in [-0.2, 0) is 10.0 Å². The van der Waals surface area contributed by atoms with Gasteiger partial charge in [-0.3, -0.25) is 9.10 Å². The van der Waals surface area contributed by atoms with E-state index < -0.39 is 10.0 Å². The van der Waals surface area contributed by atoms with Crippen molar-refractivity contribution in [2.45, 2.75) is 37.6 Å². The van der Waals surface area contributed by atoms with Gasteiger partial charge in [0.25, 0.3) is 15.9 Å². The highest BCUT2D eigenvalue weighted by Gasteiger charge is 2.24. The lowest BCUT2D eigenvalue weighted by atomic mass is 10.1. The Kier molecular flexibility index (Phi) is 7.19. The molecule has 144 valence electrons. The molecule has 0 aliphatic rings. The molecule has 0 saturated carbocycles. The molecule has 2 aromatic carbocycles. The van der Waals surface area contributed by atoms with Gasteiger partial charge in [-0.25, -0.2) is 8.42 Å². The van der Waals surface area contributed by atoms with E-state index >= 15 is 0 Å². The number of anilines is 1. The minimum absolute atomic E-state index is 0.0953. The van der Waals surface area contributed by atoms with E-state index in [9.17, 15) is 13.2 Å². The van der Waals surface area contributed by atoms with E-state index in [4.69, 9.17) is 0 Å². The lowest BCUT2D eigenvalue weighted by Crippen LogP contribution is -2.33. The van der Waals surface area contributed by atoms with Crippen LogP contribution in [0, 0.1) is 0 Å². The molecule has 0 fully saturated rings. The van der Waals surface area contributed by atoms with Gasteiger partial charge in [0.2, 0.25) is 0 Å². The third-order valence-corrected chi connectivity index (χ3v) is 5.95. The molecule has 0 radical (unpaired) electrons. The summed E-state index contributed by atoms with van der Waals surface area (Å²) in [6, 6.07) is 14.9. The van der Waals surface area contributed by atoms with E-state index in [0.717, 1.165) is 12.8 Å². The van der Waals surface area contributed by atoms with Crippen molar-refractivity contribution in [3.05, 3.63) is 72.8 Å². The Morgan fingerprint density at radius 2 is 1.78 bits per heavy atom.